The molecule has 38 heavy (non-hydrogen) atoms. The molecule has 1 atom stereocenters. The molecular formula is C29H47N3O5Si. The molecule has 0 radical (unpaired) electrons. The van der Waals surface area contributed by atoms with Gasteiger partial charge in [-0.25, -0.2) is 4.79 Å². The van der Waals surface area contributed by atoms with Gasteiger partial charge >= 0.3 is 6.09 Å². The molecule has 2 fully saturated rings. The molecule has 1 N–H and O–H groups in total. The van der Waals surface area contributed by atoms with Gasteiger partial charge in [-0.1, -0.05) is 32.9 Å². The second-order valence-electron chi connectivity index (χ2n) is 13.1. The number of anilines is 1. The van der Waals surface area contributed by atoms with Crippen LogP contribution in [0, 0.1) is 0 Å². The maximum atomic E-state index is 13.2. The Balaban J connectivity index is 1.62. The number of carbonyl (C=O) groups is 3. The third-order valence-corrected chi connectivity index (χ3v) is 12.6. The van der Waals surface area contributed by atoms with Crippen molar-refractivity contribution < 1.29 is 23.5 Å². The fourth-order valence-electron chi connectivity index (χ4n) is 4.72. The topological polar surface area (TPSA) is 88.2 Å². The second-order valence-corrected chi connectivity index (χ2v) is 17.9. The van der Waals surface area contributed by atoms with Crippen molar-refractivity contribution in [2.45, 2.75) is 103 Å². The summed E-state index contributed by atoms with van der Waals surface area (Å²) in [6.45, 7) is 19.5. The number of amides is 3. The predicted octanol–water partition coefficient (Wildman–Crippen LogP) is 5.43. The maximum absolute atomic E-state index is 13.2. The fraction of sp³-hybridized carbons (Fsp3) is 0.690. The van der Waals surface area contributed by atoms with E-state index >= 15 is 0 Å². The first-order valence-electron chi connectivity index (χ1n) is 13.9. The van der Waals surface area contributed by atoms with E-state index in [2.05, 4.69) is 56.2 Å². The molecule has 0 saturated carbocycles. The van der Waals surface area contributed by atoms with Gasteiger partial charge in [-0.2, -0.15) is 0 Å². The molecule has 1 aromatic carbocycles. The van der Waals surface area contributed by atoms with Crippen LogP contribution in [0.3, 0.4) is 0 Å². The first-order chi connectivity index (χ1) is 17.6. The number of carbonyl (C=O) groups excluding carboxylic acids is 3. The van der Waals surface area contributed by atoms with Gasteiger partial charge in [0.15, 0.2) is 8.32 Å². The molecule has 2 saturated heterocycles. The van der Waals surface area contributed by atoms with E-state index in [9.17, 15) is 14.4 Å². The normalized spacial score (nSPS) is 19.8. The van der Waals surface area contributed by atoms with Gasteiger partial charge in [0.2, 0.25) is 11.8 Å². The minimum absolute atomic E-state index is 0.0897. The summed E-state index contributed by atoms with van der Waals surface area (Å²) in [6.07, 6.45) is 2.33. The maximum Gasteiger partial charge on any atom is 0.410 e. The van der Waals surface area contributed by atoms with Gasteiger partial charge in [0, 0.05) is 37.8 Å². The summed E-state index contributed by atoms with van der Waals surface area (Å²) in [5.74, 6) is -0.685. The molecule has 1 unspecified atom stereocenters. The third kappa shape index (κ3) is 7.82. The number of hydrogen-bond donors (Lipinski definition) is 1. The van der Waals surface area contributed by atoms with Crippen molar-refractivity contribution in [3.63, 3.8) is 0 Å². The Bertz CT molecular complexity index is 989. The van der Waals surface area contributed by atoms with Crippen LogP contribution in [-0.4, -0.2) is 69.0 Å². The number of nitrogens with one attached hydrogen (secondary N) is 1. The van der Waals surface area contributed by atoms with E-state index in [-0.39, 0.29) is 34.9 Å². The van der Waals surface area contributed by atoms with Crippen LogP contribution >= 0.6 is 0 Å². The van der Waals surface area contributed by atoms with Gasteiger partial charge in [-0.05, 0) is 75.9 Å². The summed E-state index contributed by atoms with van der Waals surface area (Å²) in [6, 6.07) is 8.18. The largest absolute Gasteiger partial charge is 0.444 e. The van der Waals surface area contributed by atoms with Gasteiger partial charge in [0.25, 0.3) is 0 Å². The van der Waals surface area contributed by atoms with E-state index in [1.165, 1.54) is 0 Å². The highest BCUT2D eigenvalue weighted by atomic mass is 28.4. The smallest absolute Gasteiger partial charge is 0.410 e. The van der Waals surface area contributed by atoms with E-state index in [0.29, 0.717) is 26.0 Å². The summed E-state index contributed by atoms with van der Waals surface area (Å²) in [5, 5.41) is 2.55. The Morgan fingerprint density at radius 3 is 2.16 bits per heavy atom. The van der Waals surface area contributed by atoms with Crippen molar-refractivity contribution in [1.29, 1.82) is 0 Å². The lowest BCUT2D eigenvalue weighted by Gasteiger charge is -2.41. The average Bonchev–Trinajstić information content (AvgIpc) is 2.80. The number of imide groups is 1. The summed E-state index contributed by atoms with van der Waals surface area (Å²) >= 11 is 0. The molecule has 0 aromatic heterocycles. The minimum atomic E-state index is -1.91. The Labute approximate surface area is 229 Å². The van der Waals surface area contributed by atoms with E-state index in [1.54, 1.807) is 0 Å². The zero-order valence-corrected chi connectivity index (χ0v) is 25.6. The first-order valence-corrected chi connectivity index (χ1v) is 16.8. The van der Waals surface area contributed by atoms with E-state index < -0.39 is 13.9 Å². The molecule has 2 heterocycles. The summed E-state index contributed by atoms with van der Waals surface area (Å²) in [7, 11) is -1.91. The Hall–Kier alpha value is -2.39. The van der Waals surface area contributed by atoms with Crippen molar-refractivity contribution >= 4 is 31.9 Å². The first kappa shape index (κ1) is 30.2. The van der Waals surface area contributed by atoms with Crippen LogP contribution in [0.1, 0.15) is 78.7 Å². The van der Waals surface area contributed by atoms with Crippen LogP contribution in [0.2, 0.25) is 18.1 Å². The van der Waals surface area contributed by atoms with Crippen molar-refractivity contribution in [2.75, 3.05) is 31.1 Å². The monoisotopic (exact) mass is 545 g/mol. The van der Waals surface area contributed by atoms with Gasteiger partial charge in [0.05, 0.1) is 12.5 Å². The van der Waals surface area contributed by atoms with Crippen LogP contribution in [0.5, 0.6) is 0 Å². The molecule has 1 aromatic rings. The molecule has 2 aliphatic heterocycles. The number of piperidine rings is 2. The van der Waals surface area contributed by atoms with Gasteiger partial charge in [-0.3, -0.25) is 14.9 Å². The van der Waals surface area contributed by atoms with Crippen molar-refractivity contribution in [3.8, 4) is 0 Å². The number of nitrogens with zero attached hydrogens (tertiary/aromatic N) is 2. The van der Waals surface area contributed by atoms with Gasteiger partial charge < -0.3 is 19.0 Å². The van der Waals surface area contributed by atoms with Crippen molar-refractivity contribution in [3.05, 3.63) is 29.8 Å². The average molecular weight is 546 g/mol. The highest BCUT2D eigenvalue weighted by Gasteiger charge is 2.38. The Morgan fingerprint density at radius 1 is 1.03 bits per heavy atom. The number of rotatable bonds is 7. The summed E-state index contributed by atoms with van der Waals surface area (Å²) in [5.41, 5.74) is 1.48. The standard InChI is InChI=1S/C29H47N3O5Si/c1-28(2,3)37-27(35)32(19-20-36-38(7,8)29(4,5)6)23-15-17-31(18-16-23)22-11-9-21(10-12-22)24-13-14-25(33)30-26(24)34/h9-12,23-24H,13-20H2,1-8H3,(H,30,33,34). The van der Waals surface area contributed by atoms with Crippen LogP contribution < -0.4 is 10.2 Å². The Kier molecular flexibility index (Phi) is 9.35. The lowest BCUT2D eigenvalue weighted by atomic mass is 9.90. The van der Waals surface area contributed by atoms with Crippen LogP contribution in [0.25, 0.3) is 0 Å². The summed E-state index contributed by atoms with van der Waals surface area (Å²) in [4.78, 5) is 41.1. The van der Waals surface area contributed by atoms with E-state index in [4.69, 9.17) is 9.16 Å². The zero-order valence-electron chi connectivity index (χ0n) is 24.6. The number of ether oxygens (including phenoxy) is 1. The quantitative estimate of drug-likeness (QED) is 0.363. The zero-order chi connectivity index (χ0) is 28.3. The fourth-order valence-corrected chi connectivity index (χ4v) is 5.76. The van der Waals surface area contributed by atoms with Crippen LogP contribution in [-0.2, 0) is 18.8 Å². The second kappa shape index (κ2) is 11.8. The number of hydrogen-bond acceptors (Lipinski definition) is 6. The molecule has 2 aliphatic rings. The van der Waals surface area contributed by atoms with E-state index in [1.807, 2.05) is 37.8 Å². The molecule has 212 valence electrons. The molecule has 0 aliphatic carbocycles. The van der Waals surface area contributed by atoms with Crippen LogP contribution in [0.4, 0.5) is 10.5 Å². The molecule has 3 rings (SSSR count). The van der Waals surface area contributed by atoms with E-state index in [0.717, 1.165) is 37.2 Å². The SMILES string of the molecule is CC(C)(C)OC(=O)N(CCO[Si](C)(C)C(C)(C)C)C1CCN(c2ccc(C3CCC(=O)NC3=O)cc2)CC1. The summed E-state index contributed by atoms with van der Waals surface area (Å²) < 4.78 is 12.2. The molecule has 3 amide bonds. The van der Waals surface area contributed by atoms with Gasteiger partial charge in [0.1, 0.15) is 5.60 Å². The van der Waals surface area contributed by atoms with Crippen molar-refractivity contribution in [1.82, 2.24) is 10.2 Å². The Morgan fingerprint density at radius 2 is 1.63 bits per heavy atom. The molecule has 9 heteroatoms. The highest BCUT2D eigenvalue weighted by Crippen LogP contribution is 2.36. The lowest BCUT2D eigenvalue weighted by molar-refractivity contribution is -0.134. The third-order valence-electron chi connectivity index (χ3n) is 8.03. The lowest BCUT2D eigenvalue weighted by Crippen LogP contribution is -2.51. The number of benzene rings is 1. The minimum Gasteiger partial charge on any atom is -0.444 e. The molecule has 0 spiro atoms. The molecule has 8 nitrogen and oxygen atoms in total. The molecular weight excluding hydrogens is 498 g/mol. The van der Waals surface area contributed by atoms with Crippen LogP contribution in [0.15, 0.2) is 24.3 Å². The highest BCUT2D eigenvalue weighted by molar-refractivity contribution is 6.74. The van der Waals surface area contributed by atoms with Gasteiger partial charge in [-0.15, -0.1) is 0 Å². The van der Waals surface area contributed by atoms with Crippen molar-refractivity contribution in [2.24, 2.45) is 0 Å². The predicted molar refractivity (Wildman–Crippen MR) is 153 cm³/mol. The molecule has 0 bridgehead atoms.